The molecule has 1 N–H and O–H groups in total. The van der Waals surface area contributed by atoms with Crippen molar-refractivity contribution in [1.82, 2.24) is 19.9 Å². The maximum atomic E-state index is 13.9. The van der Waals surface area contributed by atoms with Crippen molar-refractivity contribution in [2.45, 2.75) is 33.7 Å². The van der Waals surface area contributed by atoms with Gasteiger partial charge in [-0.1, -0.05) is 48.5 Å². The number of benzene rings is 3. The van der Waals surface area contributed by atoms with E-state index in [0.29, 0.717) is 29.2 Å². The SMILES string of the molecule is Cc1cccc(C)c1N(C(=O)Oc1ccc2ccccc2c1)c1ccnc(Nc2ccc(N3CCN(C(C)C)CC3)nc2)n1. The van der Waals surface area contributed by atoms with E-state index in [1.165, 1.54) is 4.90 Å². The van der Waals surface area contributed by atoms with Crippen LogP contribution < -0.4 is 19.9 Å². The first-order valence-corrected chi connectivity index (χ1v) is 15.0. The van der Waals surface area contributed by atoms with Gasteiger partial charge in [-0.15, -0.1) is 0 Å². The lowest BCUT2D eigenvalue weighted by Gasteiger charge is -2.37. The number of aryl methyl sites for hydroxylation is 2. The van der Waals surface area contributed by atoms with Gasteiger partial charge >= 0.3 is 6.09 Å². The van der Waals surface area contributed by atoms with Crippen molar-refractivity contribution in [2.24, 2.45) is 0 Å². The average molecular weight is 588 g/mol. The number of ether oxygens (including phenoxy) is 1. The van der Waals surface area contributed by atoms with Crippen LogP contribution in [-0.4, -0.2) is 58.2 Å². The van der Waals surface area contributed by atoms with Crippen LogP contribution in [-0.2, 0) is 0 Å². The van der Waals surface area contributed by atoms with Gasteiger partial charge in [0.15, 0.2) is 0 Å². The molecule has 1 amide bonds. The molecule has 1 aliphatic heterocycles. The second-order valence-corrected chi connectivity index (χ2v) is 11.3. The van der Waals surface area contributed by atoms with E-state index in [9.17, 15) is 4.79 Å². The van der Waals surface area contributed by atoms with E-state index in [2.05, 4.69) is 33.9 Å². The minimum Gasteiger partial charge on any atom is -0.410 e. The van der Waals surface area contributed by atoms with Gasteiger partial charge in [0.2, 0.25) is 5.95 Å². The number of fused-ring (bicyclic) bond motifs is 1. The second kappa shape index (κ2) is 12.7. The number of hydrogen-bond donors (Lipinski definition) is 1. The summed E-state index contributed by atoms with van der Waals surface area (Å²) >= 11 is 0. The lowest BCUT2D eigenvalue weighted by atomic mass is 10.1. The topological polar surface area (TPSA) is 86.7 Å². The van der Waals surface area contributed by atoms with Crippen LogP contribution in [0.15, 0.2) is 91.3 Å². The van der Waals surface area contributed by atoms with Crippen LogP contribution in [0.25, 0.3) is 10.8 Å². The molecule has 0 radical (unpaired) electrons. The van der Waals surface area contributed by atoms with Crippen molar-refractivity contribution in [2.75, 3.05) is 41.3 Å². The highest BCUT2D eigenvalue weighted by Gasteiger charge is 2.26. The van der Waals surface area contributed by atoms with Crippen molar-refractivity contribution in [1.29, 1.82) is 0 Å². The van der Waals surface area contributed by atoms with Crippen molar-refractivity contribution in [3.63, 3.8) is 0 Å². The van der Waals surface area contributed by atoms with E-state index in [1.807, 2.05) is 80.6 Å². The summed E-state index contributed by atoms with van der Waals surface area (Å²) < 4.78 is 5.94. The highest BCUT2D eigenvalue weighted by atomic mass is 16.6. The molecule has 9 nitrogen and oxygen atoms in total. The number of hydrogen-bond acceptors (Lipinski definition) is 8. The summed E-state index contributed by atoms with van der Waals surface area (Å²) in [7, 11) is 0. The number of nitrogens with zero attached hydrogens (tertiary/aromatic N) is 6. The summed E-state index contributed by atoms with van der Waals surface area (Å²) in [6.07, 6.45) is 2.85. The van der Waals surface area contributed by atoms with Gasteiger partial charge in [-0.3, -0.25) is 4.90 Å². The second-order valence-electron chi connectivity index (χ2n) is 11.3. The number of aromatic nitrogens is 3. The van der Waals surface area contributed by atoms with E-state index < -0.39 is 6.09 Å². The summed E-state index contributed by atoms with van der Waals surface area (Å²) in [5, 5.41) is 5.31. The largest absolute Gasteiger partial charge is 0.425 e. The standard InChI is InChI=1S/C35H37N7O2/c1-24(2)40-18-20-41(21-19-40)31-15-13-29(23-37-31)38-34-36-17-16-32(39-34)42(33-25(3)8-7-9-26(33)4)35(43)44-30-14-12-27-10-5-6-11-28(27)22-30/h5-17,22-24H,18-21H2,1-4H3,(H,36,38,39). The molecule has 0 bridgehead atoms. The van der Waals surface area contributed by atoms with Crippen LogP contribution in [0.2, 0.25) is 0 Å². The van der Waals surface area contributed by atoms with Gasteiger partial charge < -0.3 is 15.0 Å². The smallest absolute Gasteiger partial charge is 0.410 e. The lowest BCUT2D eigenvalue weighted by Crippen LogP contribution is -2.49. The van der Waals surface area contributed by atoms with Crippen LogP contribution in [0, 0.1) is 13.8 Å². The molecule has 0 aliphatic carbocycles. The molecule has 1 fully saturated rings. The first-order chi connectivity index (χ1) is 21.4. The first-order valence-electron chi connectivity index (χ1n) is 15.0. The molecule has 224 valence electrons. The number of nitrogens with one attached hydrogen (secondary N) is 1. The molecule has 6 rings (SSSR count). The molecule has 9 heteroatoms. The zero-order valence-electron chi connectivity index (χ0n) is 25.6. The summed E-state index contributed by atoms with van der Waals surface area (Å²) in [6.45, 7) is 12.4. The number of anilines is 5. The molecule has 44 heavy (non-hydrogen) atoms. The number of rotatable bonds is 7. The van der Waals surface area contributed by atoms with Gasteiger partial charge in [0.1, 0.15) is 17.4 Å². The first kappa shape index (κ1) is 29.1. The van der Waals surface area contributed by atoms with Crippen LogP contribution >= 0.6 is 0 Å². The van der Waals surface area contributed by atoms with Crippen LogP contribution in [0.5, 0.6) is 5.75 Å². The molecule has 3 heterocycles. The monoisotopic (exact) mass is 587 g/mol. The Labute approximate surface area is 258 Å². The predicted octanol–water partition coefficient (Wildman–Crippen LogP) is 7.25. The van der Waals surface area contributed by atoms with Crippen LogP contribution in [0.3, 0.4) is 0 Å². The molecule has 3 aromatic carbocycles. The number of carbonyl (C=O) groups is 1. The fraction of sp³-hybridized carbons (Fsp3) is 0.257. The molecule has 1 saturated heterocycles. The zero-order valence-corrected chi connectivity index (χ0v) is 25.6. The molecule has 0 saturated carbocycles. The maximum Gasteiger partial charge on any atom is 0.425 e. The third-order valence-electron chi connectivity index (χ3n) is 8.01. The third kappa shape index (κ3) is 6.33. The number of piperazine rings is 1. The van der Waals surface area contributed by atoms with Gasteiger partial charge in [-0.25, -0.2) is 19.7 Å². The summed E-state index contributed by atoms with van der Waals surface area (Å²) in [6, 6.07) is 25.7. The Balaban J connectivity index is 1.24. The van der Waals surface area contributed by atoms with Gasteiger partial charge in [0.05, 0.1) is 17.6 Å². The number of pyridine rings is 1. The lowest BCUT2D eigenvalue weighted by molar-refractivity contribution is 0.209. The van der Waals surface area contributed by atoms with Gasteiger partial charge in [-0.2, -0.15) is 4.98 Å². The minimum atomic E-state index is -0.564. The van der Waals surface area contributed by atoms with Crippen LogP contribution in [0.4, 0.5) is 33.8 Å². The zero-order chi connectivity index (χ0) is 30.6. The summed E-state index contributed by atoms with van der Waals surface area (Å²) in [5.74, 6) is 2.14. The Morgan fingerprint density at radius 3 is 2.32 bits per heavy atom. The van der Waals surface area contributed by atoms with Crippen molar-refractivity contribution in [3.05, 3.63) is 102 Å². The Morgan fingerprint density at radius 1 is 0.864 bits per heavy atom. The Kier molecular flexibility index (Phi) is 8.38. The molecule has 0 atom stereocenters. The normalized spacial score (nSPS) is 13.7. The molecular formula is C35H37N7O2. The van der Waals surface area contributed by atoms with Crippen molar-refractivity contribution < 1.29 is 9.53 Å². The average Bonchev–Trinajstić information content (AvgIpc) is 3.03. The molecule has 0 unspecified atom stereocenters. The number of amides is 1. The number of para-hydroxylation sites is 1. The van der Waals surface area contributed by atoms with E-state index in [4.69, 9.17) is 14.7 Å². The third-order valence-corrected chi connectivity index (χ3v) is 8.01. The van der Waals surface area contributed by atoms with Crippen molar-refractivity contribution >= 4 is 45.8 Å². The molecule has 2 aromatic heterocycles. The van der Waals surface area contributed by atoms with E-state index in [0.717, 1.165) is 59.6 Å². The van der Waals surface area contributed by atoms with Gasteiger partial charge in [-0.05, 0) is 73.9 Å². The summed E-state index contributed by atoms with van der Waals surface area (Å²) in [5.41, 5.74) is 3.31. The predicted molar refractivity (Wildman–Crippen MR) is 177 cm³/mol. The highest BCUT2D eigenvalue weighted by molar-refractivity contribution is 5.98. The fourth-order valence-corrected chi connectivity index (χ4v) is 5.61. The maximum absolute atomic E-state index is 13.9. The fourth-order valence-electron chi connectivity index (χ4n) is 5.61. The molecule has 0 spiro atoms. The Bertz CT molecular complexity index is 1750. The van der Waals surface area contributed by atoms with Gasteiger partial charge in [0.25, 0.3) is 0 Å². The van der Waals surface area contributed by atoms with Gasteiger partial charge in [0, 0.05) is 44.5 Å². The quantitative estimate of drug-likeness (QED) is 0.213. The Hall–Kier alpha value is -5.02. The number of carbonyl (C=O) groups excluding carboxylic acids is 1. The highest BCUT2D eigenvalue weighted by Crippen LogP contribution is 2.33. The molecular weight excluding hydrogens is 550 g/mol. The molecule has 5 aromatic rings. The minimum absolute atomic E-state index is 0.345. The van der Waals surface area contributed by atoms with Crippen LogP contribution in [0.1, 0.15) is 25.0 Å². The molecule has 1 aliphatic rings. The van der Waals surface area contributed by atoms with E-state index in [1.54, 1.807) is 24.5 Å². The van der Waals surface area contributed by atoms with E-state index >= 15 is 0 Å². The van der Waals surface area contributed by atoms with E-state index in [-0.39, 0.29) is 0 Å². The Morgan fingerprint density at radius 2 is 1.61 bits per heavy atom. The van der Waals surface area contributed by atoms with Crippen molar-refractivity contribution in [3.8, 4) is 5.75 Å². The summed E-state index contributed by atoms with van der Waals surface area (Å²) in [4.78, 5) is 34.0.